The number of hydrogen-bond donors (Lipinski definition) is 6. The van der Waals surface area contributed by atoms with Crippen LogP contribution in [0.1, 0.15) is 102 Å². The summed E-state index contributed by atoms with van der Waals surface area (Å²) in [7, 11) is 0. The van der Waals surface area contributed by atoms with Crippen LogP contribution in [0.3, 0.4) is 0 Å². The number of benzene rings is 2. The van der Waals surface area contributed by atoms with Crippen molar-refractivity contribution in [3.05, 3.63) is 126 Å². The van der Waals surface area contributed by atoms with Gasteiger partial charge in [-0.2, -0.15) is 19.9 Å². The van der Waals surface area contributed by atoms with Gasteiger partial charge in [-0.3, -0.25) is 9.97 Å². The lowest BCUT2D eigenvalue weighted by molar-refractivity contribution is 0.395. The molecule has 69 heavy (non-hydrogen) atoms. The summed E-state index contributed by atoms with van der Waals surface area (Å²) >= 11 is 6.11. The van der Waals surface area contributed by atoms with Crippen LogP contribution in [-0.2, 0) is 13.1 Å². The third-order valence-electron chi connectivity index (χ3n) is 12.6. The fourth-order valence-corrected chi connectivity index (χ4v) is 8.62. The summed E-state index contributed by atoms with van der Waals surface area (Å²) in [5.41, 5.74) is 26.6. The molecule has 2 aliphatic rings. The zero-order chi connectivity index (χ0) is 48.3. The lowest BCUT2D eigenvalue weighted by atomic mass is 9.92. The second-order valence-corrected chi connectivity index (χ2v) is 18.9. The van der Waals surface area contributed by atoms with Crippen LogP contribution in [0.4, 0.5) is 17.6 Å². The molecule has 2 aliphatic carbocycles. The number of rotatable bonds is 12. The SMILES string of the molecule is CC(C)n1cnc2c(NCc3ccc(-c4ccccc4)nc3)nc(Cl)nc21.CC(C)n1cnc2c(NCc3ccc(-c4ccccc4)nc3)nc(NC3CCC(N)CC3)nc21.NC1CCC(N)CC1. The van der Waals surface area contributed by atoms with Crippen LogP contribution in [0.15, 0.2) is 110 Å². The highest BCUT2D eigenvalue weighted by atomic mass is 35.5. The van der Waals surface area contributed by atoms with Gasteiger partial charge in [-0.25, -0.2) is 9.97 Å². The Labute approximate surface area is 409 Å². The van der Waals surface area contributed by atoms with E-state index in [0.717, 1.165) is 108 Å². The minimum absolute atomic E-state index is 0.199. The van der Waals surface area contributed by atoms with Crippen molar-refractivity contribution in [2.24, 2.45) is 17.2 Å². The van der Waals surface area contributed by atoms with Crippen LogP contribution in [0.5, 0.6) is 0 Å². The van der Waals surface area contributed by atoms with E-state index in [0.29, 0.717) is 54.5 Å². The van der Waals surface area contributed by atoms with Crippen molar-refractivity contribution in [3.63, 3.8) is 0 Å². The molecule has 0 aliphatic heterocycles. The van der Waals surface area contributed by atoms with Crippen LogP contribution in [0.25, 0.3) is 44.8 Å². The highest BCUT2D eigenvalue weighted by molar-refractivity contribution is 6.28. The van der Waals surface area contributed by atoms with Crippen LogP contribution in [-0.4, -0.2) is 73.2 Å². The number of hydrogen-bond acceptors (Lipinski definition) is 14. The summed E-state index contributed by atoms with van der Waals surface area (Å²) in [5, 5.41) is 10.5. The first-order valence-electron chi connectivity index (χ1n) is 24.1. The molecule has 0 atom stereocenters. The number of aromatic nitrogens is 10. The van der Waals surface area contributed by atoms with Gasteiger partial charge in [0, 0.05) is 72.9 Å². The Hall–Kier alpha value is -6.59. The van der Waals surface area contributed by atoms with Crippen LogP contribution >= 0.6 is 11.6 Å². The summed E-state index contributed by atoms with van der Waals surface area (Å²) in [6, 6.07) is 30.5. The number of pyridine rings is 2. The van der Waals surface area contributed by atoms with Gasteiger partial charge < -0.3 is 42.3 Å². The van der Waals surface area contributed by atoms with Crippen LogP contribution < -0.4 is 33.2 Å². The second kappa shape index (κ2) is 23.1. The van der Waals surface area contributed by atoms with Crippen molar-refractivity contribution >= 4 is 51.5 Å². The summed E-state index contributed by atoms with van der Waals surface area (Å²) < 4.78 is 4.06. The lowest BCUT2D eigenvalue weighted by Crippen LogP contribution is -2.33. The van der Waals surface area contributed by atoms with Gasteiger partial charge in [0.05, 0.1) is 24.0 Å². The van der Waals surface area contributed by atoms with Gasteiger partial charge in [-0.05, 0) is 114 Å². The third-order valence-corrected chi connectivity index (χ3v) is 12.7. The van der Waals surface area contributed by atoms with Crippen molar-refractivity contribution in [2.45, 2.75) is 128 Å². The molecule has 9 N–H and O–H groups in total. The Bertz CT molecular complexity index is 2820. The van der Waals surface area contributed by atoms with Gasteiger partial charge in [-0.1, -0.05) is 72.8 Å². The van der Waals surface area contributed by atoms with E-state index in [2.05, 4.69) is 108 Å². The molecule has 0 saturated heterocycles. The maximum atomic E-state index is 6.11. The number of anilines is 3. The minimum Gasteiger partial charge on any atom is -0.364 e. The molecule has 17 heteroatoms. The first kappa shape index (κ1) is 48.9. The fourth-order valence-electron chi connectivity index (χ4n) is 8.45. The molecule has 10 rings (SSSR count). The summed E-state index contributed by atoms with van der Waals surface area (Å²) in [6.45, 7) is 9.58. The Balaban J connectivity index is 0.000000163. The molecule has 2 aromatic carbocycles. The first-order valence-corrected chi connectivity index (χ1v) is 24.5. The molecule has 2 fully saturated rings. The molecule has 8 aromatic rings. The topological polar surface area (TPSA) is 227 Å². The Morgan fingerprint density at radius 1 is 0.536 bits per heavy atom. The summed E-state index contributed by atoms with van der Waals surface area (Å²) in [4.78, 5) is 36.5. The van der Waals surface area contributed by atoms with E-state index in [-0.39, 0.29) is 17.4 Å². The lowest BCUT2D eigenvalue weighted by Gasteiger charge is -2.27. The molecule has 0 bridgehead atoms. The van der Waals surface area contributed by atoms with E-state index in [1.54, 1.807) is 6.33 Å². The van der Waals surface area contributed by atoms with Gasteiger partial charge in [0.1, 0.15) is 0 Å². The first-order chi connectivity index (χ1) is 33.5. The molecule has 16 nitrogen and oxygen atoms in total. The largest absolute Gasteiger partial charge is 0.364 e. The molecule has 6 aromatic heterocycles. The van der Waals surface area contributed by atoms with E-state index in [4.69, 9.17) is 38.8 Å². The van der Waals surface area contributed by atoms with Gasteiger partial charge in [0.15, 0.2) is 34.0 Å². The Kier molecular flexibility index (Phi) is 16.4. The maximum absolute atomic E-state index is 6.11. The number of nitrogens with one attached hydrogen (secondary N) is 3. The van der Waals surface area contributed by atoms with E-state index >= 15 is 0 Å². The maximum Gasteiger partial charge on any atom is 0.227 e. The molecule has 0 unspecified atom stereocenters. The van der Waals surface area contributed by atoms with E-state index in [1.807, 2.05) is 77.9 Å². The standard InChI is InChI=1S/C26H32N8.C20H19ClN6.C6H14N2/c1-17(2)34-16-30-23-24(32-26(33-25(23)34)31-21-11-9-20(27)10-12-21)29-15-18-8-13-22(28-14-18)19-6-4-3-5-7-19;1-13(2)27-12-24-17-18(25-20(21)26-19(17)27)23-11-14-8-9-16(22-10-14)15-6-4-3-5-7-15;7-5-1-2-6(8)4-3-5/h3-8,13-14,16-17,20-21H,9-12,15,27H2,1-2H3,(H2,29,31,32,33);3-10,12-13H,11H2,1-2H3,(H,23,25,26);5-6H,1-4,7-8H2. The van der Waals surface area contributed by atoms with Gasteiger partial charge in [0.25, 0.3) is 0 Å². The number of fused-ring (bicyclic) bond motifs is 2. The second-order valence-electron chi connectivity index (χ2n) is 18.5. The molecule has 2 saturated carbocycles. The molecule has 0 spiro atoms. The molecular weight excluding hydrogens is 884 g/mol. The zero-order valence-electron chi connectivity index (χ0n) is 40.0. The molecule has 0 radical (unpaired) electrons. The van der Waals surface area contributed by atoms with Gasteiger partial charge >= 0.3 is 0 Å². The van der Waals surface area contributed by atoms with Gasteiger partial charge in [0.2, 0.25) is 11.2 Å². The predicted molar refractivity (Wildman–Crippen MR) is 279 cm³/mol. The van der Waals surface area contributed by atoms with Crippen LogP contribution in [0, 0.1) is 0 Å². The Morgan fingerprint density at radius 2 is 0.971 bits per heavy atom. The predicted octanol–water partition coefficient (Wildman–Crippen LogP) is 9.71. The number of halogens is 1. The normalized spacial score (nSPS) is 18.1. The molecule has 0 amide bonds. The van der Waals surface area contributed by atoms with Crippen molar-refractivity contribution in [2.75, 3.05) is 16.0 Å². The molecule has 6 heterocycles. The number of nitrogens with zero attached hydrogens (tertiary/aromatic N) is 10. The van der Waals surface area contributed by atoms with Crippen molar-refractivity contribution in [1.29, 1.82) is 0 Å². The number of imidazole rings is 2. The monoisotopic (exact) mass is 949 g/mol. The van der Waals surface area contributed by atoms with E-state index in [9.17, 15) is 0 Å². The molecular formula is C52H65ClN16. The van der Waals surface area contributed by atoms with Gasteiger partial charge in [-0.15, -0.1) is 0 Å². The molecule has 360 valence electrons. The van der Waals surface area contributed by atoms with Crippen molar-refractivity contribution in [1.82, 2.24) is 49.0 Å². The zero-order valence-corrected chi connectivity index (χ0v) is 40.8. The van der Waals surface area contributed by atoms with Crippen molar-refractivity contribution < 1.29 is 0 Å². The van der Waals surface area contributed by atoms with Crippen molar-refractivity contribution in [3.8, 4) is 22.5 Å². The Morgan fingerprint density at radius 3 is 1.41 bits per heavy atom. The fraction of sp³-hybridized carbons (Fsp3) is 0.385. The summed E-state index contributed by atoms with van der Waals surface area (Å²) in [6.07, 6.45) is 16.0. The average Bonchev–Trinajstić information content (AvgIpc) is 4.01. The highest BCUT2D eigenvalue weighted by Gasteiger charge is 2.22. The van der Waals surface area contributed by atoms with E-state index < -0.39 is 0 Å². The van der Waals surface area contributed by atoms with Crippen LogP contribution in [0.2, 0.25) is 5.28 Å². The minimum atomic E-state index is 0.199. The quantitative estimate of drug-likeness (QED) is 0.0627. The smallest absolute Gasteiger partial charge is 0.227 e. The van der Waals surface area contributed by atoms with E-state index in [1.165, 1.54) is 0 Å². The summed E-state index contributed by atoms with van der Waals surface area (Å²) in [5.74, 6) is 1.98. The number of nitrogens with two attached hydrogens (primary N) is 3. The third kappa shape index (κ3) is 12.9. The average molecular weight is 950 g/mol. The highest BCUT2D eigenvalue weighted by Crippen LogP contribution is 2.28.